The summed E-state index contributed by atoms with van der Waals surface area (Å²) >= 11 is 0. The molecule has 0 aliphatic heterocycles. The molecule has 1 aromatic heterocycles. The van der Waals surface area contributed by atoms with Crippen LogP contribution in [0, 0.1) is 0 Å². The van der Waals surface area contributed by atoms with E-state index in [0.717, 1.165) is 11.1 Å². The van der Waals surface area contributed by atoms with Gasteiger partial charge in [-0.2, -0.15) is 0 Å². The molecule has 2 rings (SSSR count). The van der Waals surface area contributed by atoms with E-state index in [1.165, 1.54) is 6.07 Å². The Kier molecular flexibility index (Phi) is 4.81. The summed E-state index contributed by atoms with van der Waals surface area (Å²) in [6, 6.07) is 12.6. The first kappa shape index (κ1) is 14.2. The second kappa shape index (κ2) is 6.79. The maximum atomic E-state index is 10.8. The van der Waals surface area contributed by atoms with Gasteiger partial charge < -0.3 is 15.5 Å². The maximum absolute atomic E-state index is 10.8. The fourth-order valence-corrected chi connectivity index (χ4v) is 1.79. The monoisotopic (exact) mass is 272 g/mol. The van der Waals surface area contributed by atoms with Crippen molar-refractivity contribution in [3.63, 3.8) is 0 Å². The molecule has 1 aromatic carbocycles. The van der Waals surface area contributed by atoms with Gasteiger partial charge in [0.2, 0.25) is 0 Å². The van der Waals surface area contributed by atoms with Gasteiger partial charge in [-0.15, -0.1) is 0 Å². The predicted octanol–water partition coefficient (Wildman–Crippen LogP) is 1.56. The standard InChI is InChI=1S/C15H16N2O3/c18-10-12-6-4-11(5-7-12)8-16-9-13-2-1-3-14(17-13)15(19)20/h1-7,16,18H,8-10H2,(H,19,20). The molecule has 0 amide bonds. The SMILES string of the molecule is O=C(O)c1cccc(CNCc2ccc(CO)cc2)n1. The van der Waals surface area contributed by atoms with E-state index in [-0.39, 0.29) is 12.3 Å². The molecule has 0 aliphatic carbocycles. The van der Waals surface area contributed by atoms with Crippen LogP contribution in [0.2, 0.25) is 0 Å². The molecular weight excluding hydrogens is 256 g/mol. The minimum absolute atomic E-state index is 0.0413. The predicted molar refractivity (Wildman–Crippen MR) is 74.1 cm³/mol. The lowest BCUT2D eigenvalue weighted by atomic mass is 10.1. The van der Waals surface area contributed by atoms with Gasteiger partial charge in [0.15, 0.2) is 0 Å². The number of aromatic nitrogens is 1. The lowest BCUT2D eigenvalue weighted by molar-refractivity contribution is 0.0690. The molecule has 0 aliphatic rings. The number of carboxylic acids is 1. The van der Waals surface area contributed by atoms with Gasteiger partial charge >= 0.3 is 5.97 Å². The van der Waals surface area contributed by atoms with E-state index in [0.29, 0.717) is 18.8 Å². The van der Waals surface area contributed by atoms with Gasteiger partial charge in [-0.05, 0) is 23.3 Å². The fraction of sp³-hybridized carbons (Fsp3) is 0.200. The molecule has 0 unspecified atom stereocenters. The van der Waals surface area contributed by atoms with E-state index < -0.39 is 5.97 Å². The lowest BCUT2D eigenvalue weighted by Gasteiger charge is -2.06. The highest BCUT2D eigenvalue weighted by molar-refractivity contribution is 5.85. The average Bonchev–Trinajstić information content (AvgIpc) is 2.48. The van der Waals surface area contributed by atoms with Crippen molar-refractivity contribution >= 4 is 5.97 Å². The van der Waals surface area contributed by atoms with Gasteiger partial charge in [0, 0.05) is 13.1 Å². The summed E-state index contributed by atoms with van der Waals surface area (Å²) in [6.45, 7) is 1.20. The summed E-state index contributed by atoms with van der Waals surface area (Å²) in [5.41, 5.74) is 2.72. The van der Waals surface area contributed by atoms with Gasteiger partial charge in [0.1, 0.15) is 5.69 Å². The molecular formula is C15H16N2O3. The molecule has 0 fully saturated rings. The van der Waals surface area contributed by atoms with Crippen molar-refractivity contribution in [1.29, 1.82) is 0 Å². The Bertz CT molecular complexity index is 582. The number of carboxylic acid groups (broad SMARTS) is 1. The van der Waals surface area contributed by atoms with Crippen LogP contribution in [0.4, 0.5) is 0 Å². The molecule has 0 atom stereocenters. The highest BCUT2D eigenvalue weighted by Gasteiger charge is 2.04. The minimum atomic E-state index is -1.02. The van der Waals surface area contributed by atoms with Crippen LogP contribution in [-0.4, -0.2) is 21.2 Å². The number of aliphatic hydroxyl groups is 1. The largest absolute Gasteiger partial charge is 0.477 e. The summed E-state index contributed by atoms with van der Waals surface area (Å²) in [5, 5.41) is 21.0. The van der Waals surface area contributed by atoms with Crippen LogP contribution < -0.4 is 5.32 Å². The summed E-state index contributed by atoms with van der Waals surface area (Å²) in [6.07, 6.45) is 0. The lowest BCUT2D eigenvalue weighted by Crippen LogP contribution is -2.14. The number of nitrogens with one attached hydrogen (secondary N) is 1. The van der Waals surface area contributed by atoms with E-state index in [1.54, 1.807) is 12.1 Å². The third kappa shape index (κ3) is 3.88. The number of benzene rings is 1. The highest BCUT2D eigenvalue weighted by Crippen LogP contribution is 2.05. The molecule has 0 spiro atoms. The van der Waals surface area contributed by atoms with Crippen molar-refractivity contribution in [2.45, 2.75) is 19.7 Å². The molecule has 1 heterocycles. The molecule has 5 nitrogen and oxygen atoms in total. The molecule has 0 saturated carbocycles. The molecule has 0 radical (unpaired) electrons. The third-order valence-electron chi connectivity index (χ3n) is 2.87. The van der Waals surface area contributed by atoms with Gasteiger partial charge in [0.25, 0.3) is 0 Å². The first-order valence-corrected chi connectivity index (χ1v) is 6.27. The first-order chi connectivity index (χ1) is 9.69. The van der Waals surface area contributed by atoms with Gasteiger partial charge in [0.05, 0.1) is 12.3 Å². The number of aliphatic hydroxyl groups excluding tert-OH is 1. The molecule has 2 aromatic rings. The van der Waals surface area contributed by atoms with E-state index in [1.807, 2.05) is 24.3 Å². The van der Waals surface area contributed by atoms with Crippen LogP contribution in [0.5, 0.6) is 0 Å². The Morgan fingerprint density at radius 3 is 2.40 bits per heavy atom. The maximum Gasteiger partial charge on any atom is 0.354 e. The number of hydrogen-bond donors (Lipinski definition) is 3. The van der Waals surface area contributed by atoms with Crippen LogP contribution in [-0.2, 0) is 19.7 Å². The zero-order valence-electron chi connectivity index (χ0n) is 10.9. The zero-order chi connectivity index (χ0) is 14.4. The number of carbonyl (C=O) groups is 1. The summed E-state index contributed by atoms with van der Waals surface area (Å²) in [4.78, 5) is 14.8. The van der Waals surface area contributed by atoms with Crippen molar-refractivity contribution in [2.75, 3.05) is 0 Å². The van der Waals surface area contributed by atoms with Gasteiger partial charge in [-0.25, -0.2) is 9.78 Å². The highest BCUT2D eigenvalue weighted by atomic mass is 16.4. The number of aromatic carboxylic acids is 1. The number of rotatable bonds is 6. The van der Waals surface area contributed by atoms with Crippen LogP contribution in [0.15, 0.2) is 42.5 Å². The summed E-state index contributed by atoms with van der Waals surface area (Å²) in [7, 11) is 0. The molecule has 104 valence electrons. The van der Waals surface area contributed by atoms with Gasteiger partial charge in [-0.3, -0.25) is 0 Å². The Labute approximate surface area is 116 Å². The first-order valence-electron chi connectivity index (χ1n) is 6.27. The van der Waals surface area contributed by atoms with Crippen molar-refractivity contribution < 1.29 is 15.0 Å². The van der Waals surface area contributed by atoms with Crippen molar-refractivity contribution in [3.8, 4) is 0 Å². The smallest absolute Gasteiger partial charge is 0.354 e. The number of hydrogen-bond acceptors (Lipinski definition) is 4. The summed E-state index contributed by atoms with van der Waals surface area (Å²) in [5.74, 6) is -1.02. The Balaban J connectivity index is 1.88. The van der Waals surface area contributed by atoms with Crippen LogP contribution in [0.3, 0.4) is 0 Å². The van der Waals surface area contributed by atoms with Crippen molar-refractivity contribution in [1.82, 2.24) is 10.3 Å². The van der Waals surface area contributed by atoms with Crippen LogP contribution in [0.25, 0.3) is 0 Å². The molecule has 0 saturated heterocycles. The summed E-state index contributed by atoms with van der Waals surface area (Å²) < 4.78 is 0. The van der Waals surface area contributed by atoms with E-state index in [4.69, 9.17) is 10.2 Å². The average molecular weight is 272 g/mol. The quantitative estimate of drug-likeness (QED) is 0.743. The third-order valence-corrected chi connectivity index (χ3v) is 2.87. The molecule has 20 heavy (non-hydrogen) atoms. The topological polar surface area (TPSA) is 82.5 Å². The second-order valence-electron chi connectivity index (χ2n) is 4.40. The Morgan fingerprint density at radius 1 is 1.05 bits per heavy atom. The normalized spacial score (nSPS) is 10.4. The van der Waals surface area contributed by atoms with E-state index in [9.17, 15) is 4.79 Å². The number of nitrogens with zero attached hydrogens (tertiary/aromatic N) is 1. The minimum Gasteiger partial charge on any atom is -0.477 e. The van der Waals surface area contributed by atoms with E-state index >= 15 is 0 Å². The molecule has 5 heteroatoms. The van der Waals surface area contributed by atoms with Gasteiger partial charge in [-0.1, -0.05) is 30.3 Å². The van der Waals surface area contributed by atoms with E-state index in [2.05, 4.69) is 10.3 Å². The molecule has 3 N–H and O–H groups in total. The van der Waals surface area contributed by atoms with Crippen LogP contribution in [0.1, 0.15) is 27.3 Å². The van der Waals surface area contributed by atoms with Crippen molar-refractivity contribution in [3.05, 3.63) is 65.0 Å². The zero-order valence-corrected chi connectivity index (χ0v) is 10.9. The fourth-order valence-electron chi connectivity index (χ4n) is 1.79. The van der Waals surface area contributed by atoms with Crippen LogP contribution >= 0.6 is 0 Å². The second-order valence-corrected chi connectivity index (χ2v) is 4.40. The molecule has 0 bridgehead atoms. The Morgan fingerprint density at radius 2 is 1.75 bits per heavy atom. The van der Waals surface area contributed by atoms with Crippen molar-refractivity contribution in [2.24, 2.45) is 0 Å². The Hall–Kier alpha value is -2.24. The number of pyridine rings is 1.